The smallest absolute Gasteiger partial charge is 0.0954 e. The molecule has 10 heavy (non-hydrogen) atoms. The molecule has 0 amide bonds. The Kier molecular flexibility index (Phi) is 1.05. The van der Waals surface area contributed by atoms with E-state index >= 15 is 0 Å². The standard InChI is InChI=1S/C7H9N3/c8-7-3-6-5(4-10-7)1-2-9-6/h1-4,7,9-10H,8H2. The van der Waals surface area contributed by atoms with Gasteiger partial charge in [0.1, 0.15) is 0 Å². The fraction of sp³-hybridized carbons (Fsp3) is 0.143. The second-order valence-corrected chi connectivity index (χ2v) is 2.35. The van der Waals surface area contributed by atoms with Crippen LogP contribution in [0.25, 0.3) is 12.3 Å². The minimum Gasteiger partial charge on any atom is -0.372 e. The van der Waals surface area contributed by atoms with Crippen molar-refractivity contribution in [3.05, 3.63) is 22.8 Å². The highest BCUT2D eigenvalue weighted by atomic mass is 15.0. The number of fused-ring (bicyclic) bond motifs is 1. The molecule has 1 atom stereocenters. The molecule has 3 nitrogen and oxygen atoms in total. The van der Waals surface area contributed by atoms with E-state index in [2.05, 4.69) is 10.3 Å². The number of nitrogens with one attached hydrogen (secondary N) is 2. The fourth-order valence-corrected chi connectivity index (χ4v) is 1.08. The predicted molar refractivity (Wildman–Crippen MR) is 40.1 cm³/mol. The summed E-state index contributed by atoms with van der Waals surface area (Å²) in [5.41, 5.74) is 5.59. The van der Waals surface area contributed by atoms with Crippen molar-refractivity contribution in [2.75, 3.05) is 0 Å². The summed E-state index contributed by atoms with van der Waals surface area (Å²) in [5.74, 6) is 0. The molecule has 1 aromatic rings. The summed E-state index contributed by atoms with van der Waals surface area (Å²) >= 11 is 0. The number of hydrogen-bond acceptors (Lipinski definition) is 2. The van der Waals surface area contributed by atoms with Crippen LogP contribution in [0, 0.1) is 0 Å². The second kappa shape index (κ2) is 1.88. The summed E-state index contributed by atoms with van der Waals surface area (Å²) in [7, 11) is 0. The highest BCUT2D eigenvalue weighted by Crippen LogP contribution is 1.77. The minimum absolute atomic E-state index is 0.0499. The largest absolute Gasteiger partial charge is 0.372 e. The van der Waals surface area contributed by atoms with Crippen molar-refractivity contribution in [2.45, 2.75) is 6.17 Å². The Bertz CT molecular complexity index is 336. The van der Waals surface area contributed by atoms with Gasteiger partial charge < -0.3 is 16.0 Å². The first-order valence-corrected chi connectivity index (χ1v) is 3.23. The lowest BCUT2D eigenvalue weighted by molar-refractivity contribution is 0.788. The van der Waals surface area contributed by atoms with Crippen molar-refractivity contribution < 1.29 is 0 Å². The molecule has 52 valence electrons. The van der Waals surface area contributed by atoms with Gasteiger partial charge in [-0.25, -0.2) is 0 Å². The first kappa shape index (κ1) is 5.56. The summed E-state index contributed by atoms with van der Waals surface area (Å²) < 4.78 is 0. The van der Waals surface area contributed by atoms with E-state index in [0.717, 1.165) is 5.35 Å². The molecule has 0 radical (unpaired) electrons. The number of nitrogens with two attached hydrogens (primary N) is 1. The number of H-pyrrole nitrogens is 1. The maximum Gasteiger partial charge on any atom is 0.0954 e. The molecule has 2 rings (SSSR count). The molecule has 1 unspecified atom stereocenters. The molecule has 0 aliphatic carbocycles. The summed E-state index contributed by atoms with van der Waals surface area (Å²) in [5, 5.41) is 5.27. The van der Waals surface area contributed by atoms with Crippen LogP contribution < -0.4 is 21.6 Å². The maximum atomic E-state index is 5.59. The Hall–Kier alpha value is -1.22. The van der Waals surface area contributed by atoms with Crippen LogP contribution in [0.4, 0.5) is 0 Å². The number of rotatable bonds is 0. The average molecular weight is 135 g/mol. The van der Waals surface area contributed by atoms with Gasteiger partial charge in [0, 0.05) is 23.0 Å². The first-order chi connectivity index (χ1) is 4.86. The van der Waals surface area contributed by atoms with Crippen LogP contribution >= 0.6 is 0 Å². The molecule has 0 bridgehead atoms. The fourth-order valence-electron chi connectivity index (χ4n) is 1.08. The highest BCUT2D eigenvalue weighted by Gasteiger charge is 1.98. The highest BCUT2D eigenvalue weighted by molar-refractivity contribution is 5.38. The van der Waals surface area contributed by atoms with Gasteiger partial charge in [-0.15, -0.1) is 0 Å². The molecule has 3 heteroatoms. The Labute approximate surface area is 58.2 Å². The zero-order valence-electron chi connectivity index (χ0n) is 5.46. The number of aromatic nitrogens is 1. The Balaban J connectivity index is 2.73. The van der Waals surface area contributed by atoms with Crippen molar-refractivity contribution in [3.8, 4) is 0 Å². The van der Waals surface area contributed by atoms with E-state index in [9.17, 15) is 0 Å². The van der Waals surface area contributed by atoms with Gasteiger partial charge in [-0.05, 0) is 12.1 Å². The molecule has 4 N–H and O–H groups in total. The van der Waals surface area contributed by atoms with Crippen molar-refractivity contribution in [2.24, 2.45) is 5.73 Å². The van der Waals surface area contributed by atoms with Crippen molar-refractivity contribution >= 4 is 12.3 Å². The maximum absolute atomic E-state index is 5.59. The van der Waals surface area contributed by atoms with Gasteiger partial charge in [0.05, 0.1) is 6.17 Å². The van der Waals surface area contributed by atoms with Gasteiger partial charge in [-0.2, -0.15) is 0 Å². The van der Waals surface area contributed by atoms with Crippen LogP contribution in [-0.2, 0) is 0 Å². The minimum atomic E-state index is -0.0499. The molecule has 0 saturated carbocycles. The quantitative estimate of drug-likeness (QED) is 0.402. The zero-order chi connectivity index (χ0) is 6.97. The molecule has 0 aromatic carbocycles. The van der Waals surface area contributed by atoms with E-state index in [-0.39, 0.29) is 6.17 Å². The van der Waals surface area contributed by atoms with Crippen LogP contribution in [0.15, 0.2) is 12.3 Å². The lowest BCUT2D eigenvalue weighted by Gasteiger charge is -2.07. The molecular formula is C7H9N3. The predicted octanol–water partition coefficient (Wildman–Crippen LogP) is -1.58. The summed E-state index contributed by atoms with van der Waals surface area (Å²) in [6, 6.07) is 2.00. The molecular weight excluding hydrogens is 126 g/mol. The lowest BCUT2D eigenvalue weighted by Crippen LogP contribution is -2.42. The topological polar surface area (TPSA) is 53.8 Å². The normalized spacial score (nSPS) is 21.9. The summed E-state index contributed by atoms with van der Waals surface area (Å²) in [6.45, 7) is 0. The molecule has 0 fully saturated rings. The molecule has 1 aromatic heterocycles. The van der Waals surface area contributed by atoms with Crippen LogP contribution in [0.5, 0.6) is 0 Å². The van der Waals surface area contributed by atoms with Gasteiger partial charge in [-0.3, -0.25) is 0 Å². The van der Waals surface area contributed by atoms with Gasteiger partial charge >= 0.3 is 0 Å². The van der Waals surface area contributed by atoms with Crippen molar-refractivity contribution in [1.29, 1.82) is 0 Å². The summed E-state index contributed by atoms with van der Waals surface area (Å²) in [4.78, 5) is 3.08. The summed E-state index contributed by atoms with van der Waals surface area (Å²) in [6.07, 6.45) is 5.72. The monoisotopic (exact) mass is 135 g/mol. The lowest BCUT2D eigenvalue weighted by atomic mass is 10.3. The van der Waals surface area contributed by atoms with E-state index in [1.54, 1.807) is 0 Å². The third-order valence-electron chi connectivity index (χ3n) is 1.59. The van der Waals surface area contributed by atoms with Crippen molar-refractivity contribution in [3.63, 3.8) is 0 Å². The Morgan fingerprint density at radius 3 is 3.30 bits per heavy atom. The van der Waals surface area contributed by atoms with Gasteiger partial charge in [0.2, 0.25) is 0 Å². The van der Waals surface area contributed by atoms with Crippen LogP contribution in [0.1, 0.15) is 0 Å². The second-order valence-electron chi connectivity index (χ2n) is 2.35. The molecule has 0 spiro atoms. The number of aromatic amines is 1. The van der Waals surface area contributed by atoms with Crippen LogP contribution in [0.3, 0.4) is 0 Å². The first-order valence-electron chi connectivity index (χ1n) is 3.23. The van der Waals surface area contributed by atoms with E-state index < -0.39 is 0 Å². The zero-order valence-corrected chi connectivity index (χ0v) is 5.46. The van der Waals surface area contributed by atoms with Crippen molar-refractivity contribution in [1.82, 2.24) is 10.3 Å². The third kappa shape index (κ3) is 0.717. The van der Waals surface area contributed by atoms with Gasteiger partial charge in [-0.1, -0.05) is 0 Å². The molecule has 0 saturated heterocycles. The molecule has 1 aliphatic rings. The molecule has 2 heterocycles. The number of hydrogen-bond donors (Lipinski definition) is 3. The average Bonchev–Trinajstić information content (AvgIpc) is 2.33. The molecule has 1 aliphatic heterocycles. The Morgan fingerprint density at radius 2 is 2.40 bits per heavy atom. The van der Waals surface area contributed by atoms with E-state index in [1.807, 2.05) is 24.5 Å². The Morgan fingerprint density at radius 1 is 1.50 bits per heavy atom. The SMILES string of the molecule is NC1C=c2[nH]ccc2=CN1. The van der Waals surface area contributed by atoms with E-state index in [0.29, 0.717) is 0 Å². The third-order valence-corrected chi connectivity index (χ3v) is 1.59. The van der Waals surface area contributed by atoms with Crippen LogP contribution in [0.2, 0.25) is 0 Å². The van der Waals surface area contributed by atoms with E-state index in [1.165, 1.54) is 5.22 Å². The van der Waals surface area contributed by atoms with Crippen LogP contribution in [-0.4, -0.2) is 11.1 Å². The van der Waals surface area contributed by atoms with E-state index in [4.69, 9.17) is 5.73 Å². The van der Waals surface area contributed by atoms with Gasteiger partial charge in [0.25, 0.3) is 0 Å². The van der Waals surface area contributed by atoms with Gasteiger partial charge in [0.15, 0.2) is 0 Å².